The van der Waals surface area contributed by atoms with Crippen LogP contribution in [0.3, 0.4) is 0 Å². The van der Waals surface area contributed by atoms with Gasteiger partial charge in [-0.05, 0) is 0 Å². The third-order valence-corrected chi connectivity index (χ3v) is 1.79. The zero-order chi connectivity index (χ0) is 11.3. The zero-order valence-electron chi connectivity index (χ0n) is 8.47. The Morgan fingerprint density at radius 3 is 2.20 bits per heavy atom. The fourth-order valence-corrected chi connectivity index (χ4v) is 1.17. The molecule has 1 aromatic rings. The summed E-state index contributed by atoms with van der Waals surface area (Å²) in [6, 6.07) is 8.77. The first-order valence-corrected chi connectivity index (χ1v) is 4.22. The van der Waals surface area contributed by atoms with Crippen LogP contribution in [0.5, 0.6) is 0 Å². The topological polar surface area (TPSA) is 61.6 Å². The number of ether oxygens (including phenoxy) is 2. The van der Waals surface area contributed by atoms with Crippen molar-refractivity contribution in [2.24, 2.45) is 0 Å². The Labute approximate surface area is 87.1 Å². The molecular weight excluding hydrogens is 198 g/mol. The van der Waals surface area contributed by atoms with Crippen LogP contribution in [0.4, 0.5) is 0 Å². The first-order valence-electron chi connectivity index (χ1n) is 4.22. The first kappa shape index (κ1) is 11.0. The molecule has 0 spiro atoms. The SMILES string of the molecule is COC(=C(OC)[N+](=O)[O-])c1ccccc1. The van der Waals surface area contributed by atoms with E-state index in [2.05, 4.69) is 4.74 Å². The Morgan fingerprint density at radius 2 is 1.80 bits per heavy atom. The lowest BCUT2D eigenvalue weighted by Gasteiger charge is -2.05. The van der Waals surface area contributed by atoms with Crippen LogP contribution in [-0.4, -0.2) is 19.1 Å². The van der Waals surface area contributed by atoms with Crippen molar-refractivity contribution in [2.45, 2.75) is 0 Å². The van der Waals surface area contributed by atoms with Gasteiger partial charge in [0.15, 0.2) is 0 Å². The van der Waals surface area contributed by atoms with E-state index in [0.29, 0.717) is 5.56 Å². The molecule has 1 aromatic carbocycles. The Morgan fingerprint density at radius 1 is 1.20 bits per heavy atom. The second-order valence-electron chi connectivity index (χ2n) is 2.67. The zero-order valence-corrected chi connectivity index (χ0v) is 8.47. The monoisotopic (exact) mass is 209 g/mol. The predicted octanol–water partition coefficient (Wildman–Crippen LogP) is 1.88. The Balaban J connectivity index is 3.23. The number of methoxy groups -OCH3 is 2. The molecule has 1 rings (SSSR count). The van der Waals surface area contributed by atoms with Crippen molar-refractivity contribution in [2.75, 3.05) is 14.2 Å². The van der Waals surface area contributed by atoms with E-state index in [0.717, 1.165) is 0 Å². The summed E-state index contributed by atoms with van der Waals surface area (Å²) in [6.07, 6.45) is 0. The van der Waals surface area contributed by atoms with E-state index in [9.17, 15) is 10.1 Å². The molecule has 5 heteroatoms. The molecule has 0 radical (unpaired) electrons. The molecule has 0 fully saturated rings. The highest BCUT2D eigenvalue weighted by molar-refractivity contribution is 5.60. The maximum Gasteiger partial charge on any atom is 0.471 e. The average molecular weight is 209 g/mol. The highest BCUT2D eigenvalue weighted by Crippen LogP contribution is 2.19. The van der Waals surface area contributed by atoms with Crippen molar-refractivity contribution in [1.29, 1.82) is 0 Å². The first-order chi connectivity index (χ1) is 7.20. The summed E-state index contributed by atoms with van der Waals surface area (Å²) in [5, 5.41) is 10.6. The molecule has 0 saturated carbocycles. The van der Waals surface area contributed by atoms with Crippen molar-refractivity contribution in [3.63, 3.8) is 0 Å². The van der Waals surface area contributed by atoms with Crippen LogP contribution in [0.1, 0.15) is 5.56 Å². The van der Waals surface area contributed by atoms with Crippen LogP contribution in [0.2, 0.25) is 0 Å². The third-order valence-electron chi connectivity index (χ3n) is 1.79. The van der Waals surface area contributed by atoms with Gasteiger partial charge in [-0.1, -0.05) is 30.3 Å². The molecular formula is C10H11NO4. The van der Waals surface area contributed by atoms with Gasteiger partial charge in [0.2, 0.25) is 5.76 Å². The Kier molecular flexibility index (Phi) is 3.68. The molecule has 0 aliphatic heterocycles. The highest BCUT2D eigenvalue weighted by atomic mass is 16.7. The third kappa shape index (κ3) is 2.46. The molecule has 0 heterocycles. The summed E-state index contributed by atoms with van der Waals surface area (Å²) >= 11 is 0. The van der Waals surface area contributed by atoms with Crippen LogP contribution in [0.25, 0.3) is 5.76 Å². The maximum absolute atomic E-state index is 10.6. The number of hydrogen-bond donors (Lipinski definition) is 0. The van der Waals surface area contributed by atoms with Gasteiger partial charge in [-0.2, -0.15) is 0 Å². The van der Waals surface area contributed by atoms with Gasteiger partial charge < -0.3 is 9.47 Å². The average Bonchev–Trinajstić information content (AvgIpc) is 2.26. The standard InChI is InChI=1S/C10H11NO4/c1-14-9(10(15-2)11(12)13)8-6-4-3-5-7-8/h3-7H,1-2H3. The minimum atomic E-state index is -0.619. The largest absolute Gasteiger partial charge is 0.487 e. The van der Waals surface area contributed by atoms with Gasteiger partial charge in [0.25, 0.3) is 0 Å². The molecule has 0 saturated heterocycles. The quantitative estimate of drug-likeness (QED) is 0.431. The summed E-state index contributed by atoms with van der Waals surface area (Å²) in [5.74, 6) is -0.285. The smallest absolute Gasteiger partial charge is 0.471 e. The molecule has 0 amide bonds. The molecule has 0 N–H and O–H groups in total. The van der Waals surface area contributed by atoms with Gasteiger partial charge in [0.1, 0.15) is 4.92 Å². The van der Waals surface area contributed by atoms with Crippen molar-refractivity contribution < 1.29 is 14.4 Å². The molecule has 5 nitrogen and oxygen atoms in total. The number of hydrogen-bond acceptors (Lipinski definition) is 4. The van der Waals surface area contributed by atoms with Crippen LogP contribution in [0.15, 0.2) is 36.2 Å². The lowest BCUT2D eigenvalue weighted by molar-refractivity contribution is -0.461. The van der Waals surface area contributed by atoms with Crippen molar-refractivity contribution in [3.8, 4) is 0 Å². The number of rotatable bonds is 4. The molecule has 0 unspecified atom stereocenters. The summed E-state index contributed by atoms with van der Waals surface area (Å²) in [4.78, 5) is 10.0. The second-order valence-corrected chi connectivity index (χ2v) is 2.67. The van der Waals surface area contributed by atoms with Gasteiger partial charge in [0, 0.05) is 5.56 Å². The predicted molar refractivity (Wildman–Crippen MR) is 54.4 cm³/mol. The second kappa shape index (κ2) is 4.99. The van der Waals surface area contributed by atoms with E-state index in [-0.39, 0.29) is 5.76 Å². The number of nitrogens with zero attached hydrogens (tertiary/aromatic N) is 1. The normalized spacial score (nSPS) is 11.6. The fourth-order valence-electron chi connectivity index (χ4n) is 1.17. The number of benzene rings is 1. The summed E-state index contributed by atoms with van der Waals surface area (Å²) in [7, 11) is 2.60. The van der Waals surface area contributed by atoms with Crippen LogP contribution in [-0.2, 0) is 9.47 Å². The minimum absolute atomic E-state index is 0.114. The Hall–Kier alpha value is -2.04. The van der Waals surface area contributed by atoms with Crippen LogP contribution in [0, 0.1) is 10.1 Å². The summed E-state index contributed by atoms with van der Waals surface area (Å²) in [5.41, 5.74) is 0.605. The van der Waals surface area contributed by atoms with E-state index in [1.54, 1.807) is 24.3 Å². The van der Waals surface area contributed by atoms with Crippen molar-refractivity contribution >= 4 is 5.76 Å². The van der Waals surface area contributed by atoms with Crippen LogP contribution < -0.4 is 0 Å². The Bertz CT molecular complexity index is 372. The lowest BCUT2D eigenvalue weighted by Crippen LogP contribution is -2.06. The van der Waals surface area contributed by atoms with Crippen LogP contribution >= 0.6 is 0 Å². The maximum atomic E-state index is 10.6. The minimum Gasteiger partial charge on any atom is -0.487 e. The fraction of sp³-hybridized carbons (Fsp3) is 0.200. The highest BCUT2D eigenvalue weighted by Gasteiger charge is 2.21. The van der Waals surface area contributed by atoms with E-state index in [1.165, 1.54) is 14.2 Å². The molecule has 15 heavy (non-hydrogen) atoms. The molecule has 0 bridgehead atoms. The molecule has 0 aliphatic rings. The van der Waals surface area contributed by atoms with Gasteiger partial charge in [-0.25, -0.2) is 0 Å². The van der Waals surface area contributed by atoms with Crippen molar-refractivity contribution in [3.05, 3.63) is 51.9 Å². The molecule has 0 atom stereocenters. The van der Waals surface area contributed by atoms with Gasteiger partial charge in [0.05, 0.1) is 14.2 Å². The summed E-state index contributed by atoms with van der Waals surface area (Å²) < 4.78 is 9.64. The lowest BCUT2D eigenvalue weighted by atomic mass is 10.2. The molecule has 0 aromatic heterocycles. The van der Waals surface area contributed by atoms with Gasteiger partial charge in [-0.15, -0.1) is 0 Å². The van der Waals surface area contributed by atoms with E-state index < -0.39 is 10.8 Å². The molecule has 80 valence electrons. The van der Waals surface area contributed by atoms with Crippen molar-refractivity contribution in [1.82, 2.24) is 0 Å². The van der Waals surface area contributed by atoms with Gasteiger partial charge in [-0.3, -0.25) is 10.1 Å². The molecule has 0 aliphatic carbocycles. The van der Waals surface area contributed by atoms with Gasteiger partial charge >= 0.3 is 5.88 Å². The van der Waals surface area contributed by atoms with E-state index in [4.69, 9.17) is 4.74 Å². The number of nitro groups is 1. The summed E-state index contributed by atoms with van der Waals surface area (Å²) in [6.45, 7) is 0. The van der Waals surface area contributed by atoms with E-state index >= 15 is 0 Å². The van der Waals surface area contributed by atoms with E-state index in [1.807, 2.05) is 6.07 Å².